The van der Waals surface area contributed by atoms with E-state index in [2.05, 4.69) is 61.8 Å². The van der Waals surface area contributed by atoms with E-state index in [0.717, 1.165) is 63.9 Å². The molecule has 6 heteroatoms. The Hall–Kier alpha value is -2.67. The average molecular weight is 459 g/mol. The number of hydrogen-bond donors (Lipinski definition) is 0. The van der Waals surface area contributed by atoms with Crippen molar-refractivity contribution in [2.24, 2.45) is 0 Å². The summed E-state index contributed by atoms with van der Waals surface area (Å²) in [6.45, 7) is 7.95. The Morgan fingerprint density at radius 3 is 2.71 bits per heavy atom. The fourth-order valence-corrected chi connectivity index (χ4v) is 5.86. The average Bonchev–Trinajstić information content (AvgIpc) is 3.59. The second-order valence-electron chi connectivity index (χ2n) is 9.71. The fraction of sp³-hybridized carbons (Fsp3) is 0.464. The molecule has 2 fully saturated rings. The topological polar surface area (TPSA) is 42.8 Å². The number of aromatic nitrogens is 2. The van der Waals surface area contributed by atoms with Gasteiger partial charge in [0.25, 0.3) is 0 Å². The van der Waals surface area contributed by atoms with E-state index in [-0.39, 0.29) is 0 Å². The molecule has 0 amide bonds. The molecule has 6 rings (SSSR count). The molecular formula is C28H34N4O2. The second-order valence-corrected chi connectivity index (χ2v) is 9.71. The molecule has 4 heterocycles. The molecule has 0 bridgehead atoms. The standard InChI is InChI=1S/C28H34N4O2/c1-3-28-26-19-24(34-16-2-11-30-14-17-33-18-15-30)8-9-25(26)27(20-31(28)12-1)22-4-6-23(7-5-22)32-13-10-29-21-32/h4-10,13,19,21,27-28H,1-3,11-12,14-18,20H2/t27?,28-/m0/s1. The van der Waals surface area contributed by atoms with Crippen LogP contribution in [0.15, 0.2) is 61.2 Å². The van der Waals surface area contributed by atoms with E-state index >= 15 is 0 Å². The second kappa shape index (κ2) is 9.90. The van der Waals surface area contributed by atoms with Crippen LogP contribution in [0.1, 0.15) is 47.9 Å². The third-order valence-corrected chi connectivity index (χ3v) is 7.66. The summed E-state index contributed by atoms with van der Waals surface area (Å²) in [7, 11) is 0. The molecule has 0 spiro atoms. The van der Waals surface area contributed by atoms with Gasteiger partial charge in [-0.2, -0.15) is 0 Å². The largest absolute Gasteiger partial charge is 0.494 e. The number of morpholine rings is 1. The number of ether oxygens (including phenoxy) is 2. The zero-order chi connectivity index (χ0) is 22.7. The third-order valence-electron chi connectivity index (χ3n) is 7.66. The number of hydrogen-bond acceptors (Lipinski definition) is 5. The van der Waals surface area contributed by atoms with Crippen LogP contribution in [0.3, 0.4) is 0 Å². The van der Waals surface area contributed by atoms with Crippen LogP contribution in [0.2, 0.25) is 0 Å². The lowest BCUT2D eigenvalue weighted by Gasteiger charge is -2.37. The molecule has 1 unspecified atom stereocenters. The maximum atomic E-state index is 6.22. The summed E-state index contributed by atoms with van der Waals surface area (Å²) in [5, 5.41) is 0. The van der Waals surface area contributed by atoms with Gasteiger partial charge in [-0.15, -0.1) is 0 Å². The lowest BCUT2D eigenvalue weighted by molar-refractivity contribution is 0.0358. The molecule has 0 N–H and O–H groups in total. The molecular weight excluding hydrogens is 424 g/mol. The first-order chi connectivity index (χ1) is 16.8. The van der Waals surface area contributed by atoms with Crippen molar-refractivity contribution in [2.75, 3.05) is 52.5 Å². The smallest absolute Gasteiger partial charge is 0.119 e. The van der Waals surface area contributed by atoms with Crippen LogP contribution in [-0.2, 0) is 4.74 Å². The highest BCUT2D eigenvalue weighted by Gasteiger charge is 2.36. The number of imidazole rings is 1. The van der Waals surface area contributed by atoms with Crippen molar-refractivity contribution in [2.45, 2.75) is 31.2 Å². The lowest BCUT2D eigenvalue weighted by Crippen LogP contribution is -2.37. The molecule has 2 saturated heterocycles. The molecule has 178 valence electrons. The van der Waals surface area contributed by atoms with Crippen molar-refractivity contribution >= 4 is 0 Å². The van der Waals surface area contributed by atoms with Crippen LogP contribution in [0.4, 0.5) is 0 Å². The van der Waals surface area contributed by atoms with Crippen LogP contribution in [0.25, 0.3) is 5.69 Å². The van der Waals surface area contributed by atoms with E-state index < -0.39 is 0 Å². The normalized spacial score (nSPS) is 22.9. The predicted octanol–water partition coefficient (Wildman–Crippen LogP) is 4.26. The number of fused-ring (bicyclic) bond motifs is 3. The minimum atomic E-state index is 0.400. The zero-order valence-corrected chi connectivity index (χ0v) is 19.8. The Morgan fingerprint density at radius 2 is 1.88 bits per heavy atom. The van der Waals surface area contributed by atoms with Gasteiger partial charge in [-0.05, 0) is 66.8 Å². The van der Waals surface area contributed by atoms with Gasteiger partial charge in [0, 0.05) is 56.2 Å². The summed E-state index contributed by atoms with van der Waals surface area (Å²) in [4.78, 5) is 9.32. The Bertz CT molecular complexity index is 1080. The Balaban J connectivity index is 1.18. The molecule has 2 atom stereocenters. The van der Waals surface area contributed by atoms with Crippen LogP contribution < -0.4 is 4.74 Å². The van der Waals surface area contributed by atoms with Crippen molar-refractivity contribution in [1.29, 1.82) is 0 Å². The molecule has 2 aromatic carbocycles. The van der Waals surface area contributed by atoms with Gasteiger partial charge in [0.15, 0.2) is 0 Å². The van der Waals surface area contributed by atoms with Gasteiger partial charge >= 0.3 is 0 Å². The van der Waals surface area contributed by atoms with Gasteiger partial charge < -0.3 is 14.0 Å². The van der Waals surface area contributed by atoms with Gasteiger partial charge in [-0.3, -0.25) is 9.80 Å². The van der Waals surface area contributed by atoms with E-state index in [4.69, 9.17) is 9.47 Å². The molecule has 3 aromatic rings. The van der Waals surface area contributed by atoms with Crippen molar-refractivity contribution in [1.82, 2.24) is 19.4 Å². The molecule has 6 nitrogen and oxygen atoms in total. The minimum absolute atomic E-state index is 0.400. The number of rotatable bonds is 7. The Labute approximate surface area is 202 Å². The SMILES string of the molecule is c1cn(-c2ccc(C3CN4CCC[C@H]4c4cc(OCCCN5CCOCC5)ccc43)cc2)cn1. The van der Waals surface area contributed by atoms with Crippen molar-refractivity contribution < 1.29 is 9.47 Å². The molecule has 3 aliphatic rings. The van der Waals surface area contributed by atoms with Gasteiger partial charge in [0.05, 0.1) is 26.1 Å². The molecule has 0 saturated carbocycles. The van der Waals surface area contributed by atoms with Crippen molar-refractivity contribution in [3.05, 3.63) is 77.9 Å². The lowest BCUT2D eigenvalue weighted by atomic mass is 9.81. The molecule has 34 heavy (non-hydrogen) atoms. The summed E-state index contributed by atoms with van der Waals surface area (Å²) in [6.07, 6.45) is 9.24. The van der Waals surface area contributed by atoms with E-state index in [1.165, 1.54) is 36.1 Å². The van der Waals surface area contributed by atoms with Crippen LogP contribution in [-0.4, -0.2) is 71.9 Å². The summed E-state index contributed by atoms with van der Waals surface area (Å²) in [5.74, 6) is 1.42. The zero-order valence-electron chi connectivity index (χ0n) is 19.8. The van der Waals surface area contributed by atoms with Crippen molar-refractivity contribution in [3.63, 3.8) is 0 Å². The van der Waals surface area contributed by atoms with Crippen LogP contribution >= 0.6 is 0 Å². The highest BCUT2D eigenvalue weighted by molar-refractivity contribution is 5.48. The highest BCUT2D eigenvalue weighted by atomic mass is 16.5. The van der Waals surface area contributed by atoms with Gasteiger partial charge in [-0.25, -0.2) is 4.98 Å². The number of nitrogens with zero attached hydrogens (tertiary/aromatic N) is 4. The Kier molecular flexibility index (Phi) is 6.36. The Morgan fingerprint density at radius 1 is 1.00 bits per heavy atom. The van der Waals surface area contributed by atoms with E-state index in [9.17, 15) is 0 Å². The van der Waals surface area contributed by atoms with Gasteiger partial charge in [0.2, 0.25) is 0 Å². The first kappa shape index (κ1) is 21.8. The predicted molar refractivity (Wildman–Crippen MR) is 133 cm³/mol. The van der Waals surface area contributed by atoms with Crippen LogP contribution in [0.5, 0.6) is 5.75 Å². The summed E-state index contributed by atoms with van der Waals surface area (Å²) < 4.78 is 13.7. The maximum absolute atomic E-state index is 6.22. The van der Waals surface area contributed by atoms with E-state index in [1.807, 2.05) is 18.7 Å². The first-order valence-corrected chi connectivity index (χ1v) is 12.7. The van der Waals surface area contributed by atoms with Crippen molar-refractivity contribution in [3.8, 4) is 11.4 Å². The summed E-state index contributed by atoms with van der Waals surface area (Å²) in [5.41, 5.74) is 5.48. The third kappa shape index (κ3) is 4.50. The molecule has 0 aliphatic carbocycles. The van der Waals surface area contributed by atoms with E-state index in [1.54, 1.807) is 0 Å². The molecule has 1 aromatic heterocycles. The monoisotopic (exact) mass is 458 g/mol. The fourth-order valence-electron chi connectivity index (χ4n) is 5.86. The van der Waals surface area contributed by atoms with E-state index in [0.29, 0.717) is 12.0 Å². The van der Waals surface area contributed by atoms with Crippen LogP contribution in [0, 0.1) is 0 Å². The molecule has 0 radical (unpaired) electrons. The van der Waals surface area contributed by atoms with Gasteiger partial charge in [-0.1, -0.05) is 18.2 Å². The highest BCUT2D eigenvalue weighted by Crippen LogP contribution is 2.45. The number of benzene rings is 2. The summed E-state index contributed by atoms with van der Waals surface area (Å²) in [6, 6.07) is 16.4. The quantitative estimate of drug-likeness (QED) is 0.495. The minimum Gasteiger partial charge on any atom is -0.494 e. The van der Waals surface area contributed by atoms with Gasteiger partial charge in [0.1, 0.15) is 5.75 Å². The summed E-state index contributed by atoms with van der Waals surface area (Å²) >= 11 is 0. The maximum Gasteiger partial charge on any atom is 0.119 e. The molecule has 3 aliphatic heterocycles. The first-order valence-electron chi connectivity index (χ1n) is 12.7.